The quantitative estimate of drug-likeness (QED) is 0.493. The van der Waals surface area contributed by atoms with Crippen LogP contribution < -0.4 is 0 Å². The molecule has 4 rings (SSSR count). The summed E-state index contributed by atoms with van der Waals surface area (Å²) in [7, 11) is 0. The molecule has 3 aromatic rings. The number of ether oxygens (including phenoxy) is 1. The number of fused-ring (bicyclic) bond motifs is 1. The average molecular weight is 407 g/mol. The van der Waals surface area contributed by atoms with Gasteiger partial charge in [-0.3, -0.25) is 0 Å². The molecule has 1 aromatic heterocycles. The smallest absolute Gasteiger partial charge is 0.416 e. The van der Waals surface area contributed by atoms with Gasteiger partial charge in [0.1, 0.15) is 5.52 Å². The number of alkyl halides is 3. The maximum absolute atomic E-state index is 13.0. The largest absolute Gasteiger partial charge is 0.441 e. The maximum atomic E-state index is 13.0. The number of thioether (sulfide) groups is 1. The first kappa shape index (κ1) is 19.3. The van der Waals surface area contributed by atoms with E-state index in [9.17, 15) is 13.2 Å². The third-order valence-corrected chi connectivity index (χ3v) is 6.34. The lowest BCUT2D eigenvalue weighted by atomic mass is 9.92. The molecule has 1 aliphatic rings. The molecule has 3 nitrogen and oxygen atoms in total. The van der Waals surface area contributed by atoms with Gasteiger partial charge in [-0.1, -0.05) is 12.1 Å². The van der Waals surface area contributed by atoms with Gasteiger partial charge in [0.25, 0.3) is 0 Å². The molecule has 2 heterocycles. The van der Waals surface area contributed by atoms with Gasteiger partial charge >= 0.3 is 6.18 Å². The van der Waals surface area contributed by atoms with E-state index in [1.165, 1.54) is 23.9 Å². The summed E-state index contributed by atoms with van der Waals surface area (Å²) in [6.45, 7) is 4.45. The first-order valence-corrected chi connectivity index (χ1v) is 9.88. The molecule has 0 N–H and O–H groups in total. The first-order chi connectivity index (χ1) is 13.2. The van der Waals surface area contributed by atoms with Crippen LogP contribution in [0.3, 0.4) is 0 Å². The van der Waals surface area contributed by atoms with Crippen LogP contribution >= 0.6 is 11.8 Å². The summed E-state index contributed by atoms with van der Waals surface area (Å²) < 4.78 is 50.3. The van der Waals surface area contributed by atoms with Gasteiger partial charge < -0.3 is 9.15 Å². The topological polar surface area (TPSA) is 35.3 Å². The standard InChI is InChI=1S/C21H20F3NO2S/c1-13-25-17-10-14(6-7-18(17)27-13)19-12-20(2,8-9-26-19)28-16-5-3-4-15(11-16)21(22,23)24/h3-7,10-11,19H,8-9,12H2,1-2H3. The van der Waals surface area contributed by atoms with Crippen LogP contribution in [0.15, 0.2) is 51.8 Å². The van der Waals surface area contributed by atoms with Gasteiger partial charge in [0.05, 0.1) is 11.7 Å². The lowest BCUT2D eigenvalue weighted by Gasteiger charge is -2.38. The lowest BCUT2D eigenvalue weighted by Crippen LogP contribution is -2.31. The fourth-order valence-electron chi connectivity index (χ4n) is 3.56. The SMILES string of the molecule is Cc1nc2cc(C3CC(C)(Sc4cccc(C(F)(F)F)c4)CCO3)ccc2o1. The first-order valence-electron chi connectivity index (χ1n) is 9.07. The Kier molecular flexibility index (Phi) is 4.91. The Morgan fingerprint density at radius 3 is 2.79 bits per heavy atom. The Labute approximate surface area is 165 Å². The molecule has 2 aromatic carbocycles. The zero-order chi connectivity index (χ0) is 19.9. The van der Waals surface area contributed by atoms with Gasteiger partial charge in [0.2, 0.25) is 0 Å². The van der Waals surface area contributed by atoms with E-state index < -0.39 is 11.7 Å². The molecule has 28 heavy (non-hydrogen) atoms. The molecule has 0 amide bonds. The number of halogens is 3. The van der Waals surface area contributed by atoms with Crippen molar-refractivity contribution in [2.24, 2.45) is 0 Å². The zero-order valence-corrected chi connectivity index (χ0v) is 16.4. The predicted octanol–water partition coefficient (Wildman–Crippen LogP) is 6.56. The number of nitrogens with zero attached hydrogens (tertiary/aromatic N) is 1. The molecule has 1 saturated heterocycles. The van der Waals surface area contributed by atoms with E-state index >= 15 is 0 Å². The highest BCUT2D eigenvalue weighted by Gasteiger charge is 2.36. The van der Waals surface area contributed by atoms with Crippen molar-refractivity contribution >= 4 is 22.9 Å². The van der Waals surface area contributed by atoms with Crippen molar-refractivity contribution in [3.05, 3.63) is 59.5 Å². The minimum absolute atomic E-state index is 0.126. The van der Waals surface area contributed by atoms with Crippen LogP contribution in [0.1, 0.15) is 42.9 Å². The minimum atomic E-state index is -4.33. The van der Waals surface area contributed by atoms with E-state index in [0.717, 1.165) is 29.2 Å². The highest BCUT2D eigenvalue weighted by Crippen LogP contribution is 2.46. The van der Waals surface area contributed by atoms with Crippen molar-refractivity contribution in [1.29, 1.82) is 0 Å². The molecule has 148 valence electrons. The second kappa shape index (κ2) is 7.12. The van der Waals surface area contributed by atoms with Crippen LogP contribution in [-0.2, 0) is 10.9 Å². The second-order valence-corrected chi connectivity index (χ2v) is 9.01. The number of aryl methyl sites for hydroxylation is 1. The fraction of sp³-hybridized carbons (Fsp3) is 0.381. The molecule has 0 saturated carbocycles. The Hall–Kier alpha value is -1.99. The Bertz CT molecular complexity index is 1000. The average Bonchev–Trinajstić information content (AvgIpc) is 3.00. The van der Waals surface area contributed by atoms with Crippen LogP contribution in [0.2, 0.25) is 0 Å². The summed E-state index contributed by atoms with van der Waals surface area (Å²) >= 11 is 1.49. The number of hydrogen-bond acceptors (Lipinski definition) is 4. The van der Waals surface area contributed by atoms with Gasteiger partial charge in [-0.2, -0.15) is 13.2 Å². The van der Waals surface area contributed by atoms with Gasteiger partial charge in [-0.15, -0.1) is 11.8 Å². The summed E-state index contributed by atoms with van der Waals surface area (Å²) in [5.74, 6) is 0.613. The normalized spacial score (nSPS) is 23.2. The minimum Gasteiger partial charge on any atom is -0.441 e. The second-order valence-electron chi connectivity index (χ2n) is 7.35. The number of aromatic nitrogens is 1. The Morgan fingerprint density at radius 2 is 2.00 bits per heavy atom. The van der Waals surface area contributed by atoms with Crippen LogP contribution in [0.4, 0.5) is 13.2 Å². The third-order valence-electron chi connectivity index (χ3n) is 4.98. The van der Waals surface area contributed by atoms with Crippen molar-refractivity contribution in [2.75, 3.05) is 6.61 Å². The van der Waals surface area contributed by atoms with E-state index in [1.54, 1.807) is 13.0 Å². The summed E-state index contributed by atoms with van der Waals surface area (Å²) in [5.41, 5.74) is 1.92. The molecule has 1 fully saturated rings. The van der Waals surface area contributed by atoms with Crippen LogP contribution in [0, 0.1) is 6.92 Å². The number of rotatable bonds is 3. The summed E-state index contributed by atoms with van der Waals surface area (Å²) in [6.07, 6.45) is -2.98. The van der Waals surface area contributed by atoms with Crippen molar-refractivity contribution in [2.45, 2.75) is 48.6 Å². The van der Waals surface area contributed by atoms with Gasteiger partial charge in [0, 0.05) is 23.2 Å². The van der Waals surface area contributed by atoms with E-state index in [4.69, 9.17) is 9.15 Å². The van der Waals surface area contributed by atoms with Crippen molar-refractivity contribution in [3.8, 4) is 0 Å². The molecule has 7 heteroatoms. The van der Waals surface area contributed by atoms with Crippen molar-refractivity contribution < 1.29 is 22.3 Å². The molecule has 0 radical (unpaired) electrons. The van der Waals surface area contributed by atoms with E-state index in [2.05, 4.69) is 11.9 Å². The van der Waals surface area contributed by atoms with Gasteiger partial charge in [-0.25, -0.2) is 4.98 Å². The van der Waals surface area contributed by atoms with E-state index in [-0.39, 0.29) is 10.9 Å². The molecule has 0 spiro atoms. The number of oxazole rings is 1. The fourth-order valence-corrected chi connectivity index (χ4v) is 4.88. The molecule has 2 atom stereocenters. The zero-order valence-electron chi connectivity index (χ0n) is 15.5. The molecule has 1 aliphatic heterocycles. The highest BCUT2D eigenvalue weighted by molar-refractivity contribution is 8.00. The van der Waals surface area contributed by atoms with E-state index in [0.29, 0.717) is 23.8 Å². The van der Waals surface area contributed by atoms with Crippen molar-refractivity contribution in [3.63, 3.8) is 0 Å². The summed E-state index contributed by atoms with van der Waals surface area (Å²) in [5, 5.41) is 0. The molecular weight excluding hydrogens is 387 g/mol. The Balaban J connectivity index is 1.55. The van der Waals surface area contributed by atoms with E-state index in [1.807, 2.05) is 18.2 Å². The molecule has 0 bridgehead atoms. The Morgan fingerprint density at radius 1 is 1.18 bits per heavy atom. The number of benzene rings is 2. The maximum Gasteiger partial charge on any atom is 0.416 e. The predicted molar refractivity (Wildman–Crippen MR) is 102 cm³/mol. The van der Waals surface area contributed by atoms with Crippen LogP contribution in [-0.4, -0.2) is 16.3 Å². The molecular formula is C21H20F3NO2S. The van der Waals surface area contributed by atoms with Crippen LogP contribution in [0.25, 0.3) is 11.1 Å². The molecule has 2 unspecified atom stereocenters. The lowest BCUT2D eigenvalue weighted by molar-refractivity contribution is -0.137. The van der Waals surface area contributed by atoms with Crippen LogP contribution in [0.5, 0.6) is 0 Å². The molecule has 0 aliphatic carbocycles. The van der Waals surface area contributed by atoms with Crippen molar-refractivity contribution in [1.82, 2.24) is 4.98 Å². The highest BCUT2D eigenvalue weighted by atomic mass is 32.2. The third kappa shape index (κ3) is 4.05. The summed E-state index contributed by atoms with van der Waals surface area (Å²) in [4.78, 5) is 5.00. The monoisotopic (exact) mass is 407 g/mol. The summed E-state index contributed by atoms with van der Waals surface area (Å²) in [6, 6.07) is 11.4. The van der Waals surface area contributed by atoms with Gasteiger partial charge in [0.15, 0.2) is 11.5 Å². The number of hydrogen-bond donors (Lipinski definition) is 0. The van der Waals surface area contributed by atoms with Gasteiger partial charge in [-0.05, 0) is 55.7 Å².